The third kappa shape index (κ3) is 4.90. The number of ether oxygens (including phenoxy) is 2. The van der Waals surface area contributed by atoms with Crippen LogP contribution in [0.2, 0.25) is 0 Å². The summed E-state index contributed by atoms with van der Waals surface area (Å²) >= 11 is 0. The van der Waals surface area contributed by atoms with Crippen LogP contribution in [0.15, 0.2) is 24.3 Å². The normalized spacial score (nSPS) is 21.9. The van der Waals surface area contributed by atoms with Gasteiger partial charge in [0.05, 0.1) is 24.7 Å². The van der Waals surface area contributed by atoms with Gasteiger partial charge in [-0.2, -0.15) is 0 Å². The average Bonchev–Trinajstić information content (AvgIpc) is 3.17. The number of hydrogen-bond acceptors (Lipinski definition) is 6. The van der Waals surface area contributed by atoms with Gasteiger partial charge in [0.25, 0.3) is 5.69 Å². The first-order valence-corrected chi connectivity index (χ1v) is 8.82. The minimum Gasteiger partial charge on any atom is -0.381 e. The fourth-order valence-electron chi connectivity index (χ4n) is 3.43. The topological polar surface area (TPSA) is 106 Å². The van der Waals surface area contributed by atoms with Crippen LogP contribution in [0.1, 0.15) is 6.42 Å². The van der Waals surface area contributed by atoms with Gasteiger partial charge in [0.2, 0.25) is 0 Å². The Morgan fingerprint density at radius 3 is 2.81 bits per heavy atom. The lowest BCUT2D eigenvalue weighted by Crippen LogP contribution is -2.52. The molecule has 2 aliphatic heterocycles. The number of rotatable bonds is 6. The molecule has 9 heteroatoms. The van der Waals surface area contributed by atoms with Crippen molar-refractivity contribution in [2.45, 2.75) is 12.5 Å². The predicted molar refractivity (Wildman–Crippen MR) is 95.2 cm³/mol. The third-order valence-corrected chi connectivity index (χ3v) is 4.81. The molecular formula is C17H24N4O5. The van der Waals surface area contributed by atoms with E-state index in [4.69, 9.17) is 9.47 Å². The molecule has 2 aliphatic rings. The van der Waals surface area contributed by atoms with Crippen molar-refractivity contribution >= 4 is 17.4 Å². The molecule has 2 saturated heterocycles. The van der Waals surface area contributed by atoms with Crippen LogP contribution >= 0.6 is 0 Å². The number of anilines is 1. The van der Waals surface area contributed by atoms with Gasteiger partial charge < -0.3 is 20.1 Å². The SMILES string of the molecule is O=C(NC[C@H]([C@@H]1CCOC1)N1CCOCC1)Nc1cccc([N+](=O)[O-])c1. The van der Waals surface area contributed by atoms with Crippen molar-refractivity contribution in [3.63, 3.8) is 0 Å². The average molecular weight is 364 g/mol. The quantitative estimate of drug-likeness (QED) is 0.585. The number of nitrogens with zero attached hydrogens (tertiary/aromatic N) is 2. The molecule has 2 fully saturated rings. The molecule has 142 valence electrons. The highest BCUT2D eigenvalue weighted by Gasteiger charge is 2.31. The minimum absolute atomic E-state index is 0.0582. The molecule has 2 amide bonds. The summed E-state index contributed by atoms with van der Waals surface area (Å²) in [7, 11) is 0. The van der Waals surface area contributed by atoms with Crippen LogP contribution in [0.5, 0.6) is 0 Å². The van der Waals surface area contributed by atoms with Gasteiger partial charge in [-0.15, -0.1) is 0 Å². The molecular weight excluding hydrogens is 340 g/mol. The van der Waals surface area contributed by atoms with Crippen LogP contribution in [-0.4, -0.2) is 68.0 Å². The minimum atomic E-state index is -0.488. The number of non-ortho nitro benzene ring substituents is 1. The van der Waals surface area contributed by atoms with Crippen molar-refractivity contribution in [1.82, 2.24) is 10.2 Å². The van der Waals surface area contributed by atoms with Gasteiger partial charge in [0, 0.05) is 56.0 Å². The van der Waals surface area contributed by atoms with Crippen molar-refractivity contribution in [2.75, 3.05) is 51.4 Å². The molecule has 0 aromatic heterocycles. The summed E-state index contributed by atoms with van der Waals surface area (Å²) in [5.74, 6) is 0.381. The largest absolute Gasteiger partial charge is 0.381 e. The van der Waals surface area contributed by atoms with Crippen molar-refractivity contribution in [3.8, 4) is 0 Å². The number of carbonyl (C=O) groups is 1. The molecule has 2 N–H and O–H groups in total. The molecule has 26 heavy (non-hydrogen) atoms. The summed E-state index contributed by atoms with van der Waals surface area (Å²) in [5, 5.41) is 16.4. The zero-order valence-corrected chi connectivity index (χ0v) is 14.6. The van der Waals surface area contributed by atoms with Gasteiger partial charge in [-0.1, -0.05) is 6.07 Å². The summed E-state index contributed by atoms with van der Waals surface area (Å²) in [5.41, 5.74) is 0.334. The van der Waals surface area contributed by atoms with E-state index in [2.05, 4.69) is 15.5 Å². The van der Waals surface area contributed by atoms with E-state index in [0.717, 1.165) is 26.1 Å². The van der Waals surface area contributed by atoms with E-state index in [0.29, 0.717) is 38.0 Å². The van der Waals surface area contributed by atoms with Crippen molar-refractivity contribution in [1.29, 1.82) is 0 Å². The van der Waals surface area contributed by atoms with Gasteiger partial charge in [-0.05, 0) is 12.5 Å². The summed E-state index contributed by atoms with van der Waals surface area (Å²) in [6.45, 7) is 5.04. The summed E-state index contributed by atoms with van der Waals surface area (Å²) in [6.07, 6.45) is 0.982. The maximum atomic E-state index is 12.2. The van der Waals surface area contributed by atoms with Crippen LogP contribution < -0.4 is 10.6 Å². The Hall–Kier alpha value is -2.23. The first kappa shape index (κ1) is 18.6. The second kappa shape index (κ2) is 8.93. The molecule has 0 bridgehead atoms. The Labute approximate surface area is 151 Å². The molecule has 2 atom stereocenters. The van der Waals surface area contributed by atoms with Gasteiger partial charge in [0.1, 0.15) is 0 Å². The van der Waals surface area contributed by atoms with Gasteiger partial charge in [-0.25, -0.2) is 4.79 Å². The van der Waals surface area contributed by atoms with E-state index in [1.165, 1.54) is 12.1 Å². The molecule has 0 saturated carbocycles. The van der Waals surface area contributed by atoms with Crippen LogP contribution in [-0.2, 0) is 9.47 Å². The Bertz CT molecular complexity index is 629. The van der Waals surface area contributed by atoms with Gasteiger partial charge >= 0.3 is 6.03 Å². The van der Waals surface area contributed by atoms with E-state index in [9.17, 15) is 14.9 Å². The maximum Gasteiger partial charge on any atom is 0.319 e. The summed E-state index contributed by atoms with van der Waals surface area (Å²) in [4.78, 5) is 24.9. The van der Waals surface area contributed by atoms with E-state index in [1.54, 1.807) is 12.1 Å². The standard InChI is InChI=1S/C17H24N4O5/c22-17(19-14-2-1-3-15(10-14)21(23)24)18-11-16(13-4-7-26-12-13)20-5-8-25-9-6-20/h1-3,10,13,16H,4-9,11-12H2,(H2,18,19,22)/t13-,16-/m1/s1. The Morgan fingerprint density at radius 1 is 1.31 bits per heavy atom. The molecule has 0 spiro atoms. The Balaban J connectivity index is 1.56. The number of morpholine rings is 1. The fourth-order valence-corrected chi connectivity index (χ4v) is 3.43. The number of nitro benzene ring substituents is 1. The number of nitrogens with one attached hydrogen (secondary N) is 2. The number of amides is 2. The summed E-state index contributed by atoms with van der Waals surface area (Å²) in [6, 6.07) is 5.71. The zero-order valence-electron chi connectivity index (χ0n) is 14.6. The highest BCUT2D eigenvalue weighted by atomic mass is 16.6. The highest BCUT2D eigenvalue weighted by Crippen LogP contribution is 2.22. The lowest BCUT2D eigenvalue weighted by atomic mass is 9.97. The first-order valence-electron chi connectivity index (χ1n) is 8.82. The Kier molecular flexibility index (Phi) is 6.37. The number of carbonyl (C=O) groups excluding carboxylic acids is 1. The molecule has 0 unspecified atom stereocenters. The number of hydrogen-bond donors (Lipinski definition) is 2. The monoisotopic (exact) mass is 364 g/mol. The van der Waals surface area contributed by atoms with Crippen molar-refractivity contribution in [2.24, 2.45) is 5.92 Å². The maximum absolute atomic E-state index is 12.2. The summed E-state index contributed by atoms with van der Waals surface area (Å²) < 4.78 is 10.9. The van der Waals surface area contributed by atoms with Crippen molar-refractivity contribution in [3.05, 3.63) is 34.4 Å². The smallest absolute Gasteiger partial charge is 0.319 e. The van der Waals surface area contributed by atoms with Crippen LogP contribution in [0, 0.1) is 16.0 Å². The third-order valence-electron chi connectivity index (χ3n) is 4.81. The van der Waals surface area contributed by atoms with Gasteiger partial charge in [-0.3, -0.25) is 15.0 Å². The number of urea groups is 1. The molecule has 9 nitrogen and oxygen atoms in total. The lowest BCUT2D eigenvalue weighted by molar-refractivity contribution is -0.384. The number of benzene rings is 1. The molecule has 1 aromatic rings. The lowest BCUT2D eigenvalue weighted by Gasteiger charge is -2.37. The predicted octanol–water partition coefficient (Wildman–Crippen LogP) is 1.45. The van der Waals surface area contributed by atoms with Crippen LogP contribution in [0.4, 0.5) is 16.2 Å². The zero-order chi connectivity index (χ0) is 18.4. The van der Waals surface area contributed by atoms with Gasteiger partial charge in [0.15, 0.2) is 0 Å². The van der Waals surface area contributed by atoms with E-state index in [-0.39, 0.29) is 17.8 Å². The van der Waals surface area contributed by atoms with Crippen LogP contribution in [0.3, 0.4) is 0 Å². The van der Waals surface area contributed by atoms with E-state index in [1.807, 2.05) is 0 Å². The number of nitro groups is 1. The van der Waals surface area contributed by atoms with E-state index >= 15 is 0 Å². The second-order valence-electron chi connectivity index (χ2n) is 6.48. The van der Waals surface area contributed by atoms with E-state index < -0.39 is 4.92 Å². The highest BCUT2D eigenvalue weighted by molar-refractivity contribution is 5.89. The molecule has 1 aromatic carbocycles. The fraction of sp³-hybridized carbons (Fsp3) is 0.588. The van der Waals surface area contributed by atoms with Crippen LogP contribution in [0.25, 0.3) is 0 Å². The Morgan fingerprint density at radius 2 is 2.12 bits per heavy atom. The molecule has 0 aliphatic carbocycles. The first-order chi connectivity index (χ1) is 12.6. The molecule has 3 rings (SSSR count). The van der Waals surface area contributed by atoms with Crippen molar-refractivity contribution < 1.29 is 19.2 Å². The molecule has 0 radical (unpaired) electrons. The molecule has 2 heterocycles. The second-order valence-corrected chi connectivity index (χ2v) is 6.48.